The van der Waals surface area contributed by atoms with Gasteiger partial charge in [0.05, 0.1) is 0 Å². The zero-order valence-corrected chi connectivity index (χ0v) is 11.0. The number of aliphatic hydroxyl groups is 1. The third kappa shape index (κ3) is 4.63. The predicted molar refractivity (Wildman–Crippen MR) is 71.5 cm³/mol. The zero-order chi connectivity index (χ0) is 13.8. The Morgan fingerprint density at radius 2 is 2.11 bits per heavy atom. The van der Waals surface area contributed by atoms with Crippen LogP contribution >= 0.6 is 0 Å². The van der Waals surface area contributed by atoms with Gasteiger partial charge in [0.1, 0.15) is 5.60 Å². The standard InChI is InChI=1S/C13H20N2O3/c1-13(2,3)18-12(17)15-11-8-10(14)5-4-9(11)6-7-16/h4-5,8,16H,6-7,14H2,1-3H3,(H,15,17). The minimum absolute atomic E-state index is 0.00686. The number of aliphatic hydroxyl groups excluding tert-OH is 1. The highest BCUT2D eigenvalue weighted by atomic mass is 16.6. The number of nitrogens with two attached hydrogens (primary N) is 1. The van der Waals surface area contributed by atoms with E-state index in [-0.39, 0.29) is 6.61 Å². The third-order valence-electron chi connectivity index (χ3n) is 2.15. The fraction of sp³-hybridized carbons (Fsp3) is 0.462. The maximum Gasteiger partial charge on any atom is 0.412 e. The summed E-state index contributed by atoms with van der Waals surface area (Å²) in [6.45, 7) is 5.38. The first-order valence-corrected chi connectivity index (χ1v) is 5.81. The number of benzene rings is 1. The van der Waals surface area contributed by atoms with Gasteiger partial charge >= 0.3 is 6.09 Å². The summed E-state index contributed by atoms with van der Waals surface area (Å²) in [7, 11) is 0. The number of nitrogens with one attached hydrogen (secondary N) is 1. The molecule has 5 heteroatoms. The van der Waals surface area contributed by atoms with Crippen molar-refractivity contribution in [1.29, 1.82) is 0 Å². The number of ether oxygens (including phenoxy) is 1. The molecule has 0 unspecified atom stereocenters. The van der Waals surface area contributed by atoms with Crippen molar-refractivity contribution in [2.45, 2.75) is 32.8 Å². The van der Waals surface area contributed by atoms with Crippen molar-refractivity contribution in [3.63, 3.8) is 0 Å². The second kappa shape index (κ2) is 5.73. The van der Waals surface area contributed by atoms with Gasteiger partial charge in [0.2, 0.25) is 0 Å². The van der Waals surface area contributed by atoms with Crippen molar-refractivity contribution in [2.24, 2.45) is 0 Å². The summed E-state index contributed by atoms with van der Waals surface area (Å²) < 4.78 is 5.16. The number of hydrogen-bond acceptors (Lipinski definition) is 4. The molecule has 0 heterocycles. The number of nitrogen functional groups attached to an aromatic ring is 1. The molecular formula is C13H20N2O3. The van der Waals surface area contributed by atoms with Crippen molar-refractivity contribution in [3.8, 4) is 0 Å². The second-order valence-corrected chi connectivity index (χ2v) is 5.02. The zero-order valence-electron chi connectivity index (χ0n) is 11.0. The van der Waals surface area contributed by atoms with Crippen LogP contribution in [0.2, 0.25) is 0 Å². The molecule has 0 aliphatic rings. The fourth-order valence-electron chi connectivity index (χ4n) is 1.46. The van der Waals surface area contributed by atoms with Crippen LogP contribution in [-0.2, 0) is 11.2 Å². The van der Waals surface area contributed by atoms with Crippen molar-refractivity contribution < 1.29 is 14.6 Å². The molecule has 0 aliphatic heterocycles. The maximum atomic E-state index is 11.7. The van der Waals surface area contributed by atoms with Crippen LogP contribution in [0.4, 0.5) is 16.2 Å². The van der Waals surface area contributed by atoms with Crippen molar-refractivity contribution >= 4 is 17.5 Å². The molecule has 1 amide bonds. The van der Waals surface area contributed by atoms with Gasteiger partial charge in [0.25, 0.3) is 0 Å². The lowest BCUT2D eigenvalue weighted by Gasteiger charge is -2.20. The minimum Gasteiger partial charge on any atom is -0.444 e. The summed E-state index contributed by atoms with van der Waals surface area (Å²) in [5, 5.41) is 11.6. The Hall–Kier alpha value is -1.75. The summed E-state index contributed by atoms with van der Waals surface area (Å²) in [5.74, 6) is 0. The summed E-state index contributed by atoms with van der Waals surface area (Å²) in [5.41, 5.74) is 7.05. The van der Waals surface area contributed by atoms with Crippen LogP contribution < -0.4 is 11.1 Å². The number of amides is 1. The van der Waals surface area contributed by atoms with Gasteiger partial charge in [-0.05, 0) is 44.9 Å². The molecule has 1 rings (SSSR count). The lowest BCUT2D eigenvalue weighted by Crippen LogP contribution is -2.27. The van der Waals surface area contributed by atoms with Crippen LogP contribution in [-0.4, -0.2) is 23.4 Å². The van der Waals surface area contributed by atoms with E-state index in [1.807, 2.05) is 0 Å². The molecule has 0 aliphatic carbocycles. The number of carbonyl (C=O) groups excluding carboxylic acids is 1. The highest BCUT2D eigenvalue weighted by molar-refractivity contribution is 5.86. The van der Waals surface area contributed by atoms with Crippen LogP contribution in [0.15, 0.2) is 18.2 Å². The Morgan fingerprint density at radius 3 is 2.67 bits per heavy atom. The highest BCUT2D eigenvalue weighted by Crippen LogP contribution is 2.20. The molecule has 1 aromatic rings. The average molecular weight is 252 g/mol. The summed E-state index contributed by atoms with van der Waals surface area (Å²) in [4.78, 5) is 11.7. The number of anilines is 2. The highest BCUT2D eigenvalue weighted by Gasteiger charge is 2.17. The molecule has 0 aromatic heterocycles. The van der Waals surface area contributed by atoms with Gasteiger partial charge in [0, 0.05) is 18.0 Å². The molecule has 5 nitrogen and oxygen atoms in total. The Balaban J connectivity index is 2.82. The smallest absolute Gasteiger partial charge is 0.412 e. The lowest BCUT2D eigenvalue weighted by molar-refractivity contribution is 0.0635. The van der Waals surface area contributed by atoms with Crippen LogP contribution in [0.3, 0.4) is 0 Å². The monoisotopic (exact) mass is 252 g/mol. The van der Waals surface area contributed by atoms with E-state index in [1.165, 1.54) is 0 Å². The molecule has 0 spiro atoms. The molecule has 0 bridgehead atoms. The third-order valence-corrected chi connectivity index (χ3v) is 2.15. The number of hydrogen-bond donors (Lipinski definition) is 3. The van der Waals surface area contributed by atoms with Crippen molar-refractivity contribution in [1.82, 2.24) is 0 Å². The summed E-state index contributed by atoms with van der Waals surface area (Å²) in [6.07, 6.45) is -0.0851. The van der Waals surface area contributed by atoms with Gasteiger partial charge in [-0.2, -0.15) is 0 Å². The molecular weight excluding hydrogens is 232 g/mol. The largest absolute Gasteiger partial charge is 0.444 e. The first-order chi connectivity index (χ1) is 8.31. The second-order valence-electron chi connectivity index (χ2n) is 5.02. The minimum atomic E-state index is -0.554. The van der Waals surface area contributed by atoms with E-state index in [0.29, 0.717) is 17.8 Å². The first-order valence-electron chi connectivity index (χ1n) is 5.81. The van der Waals surface area contributed by atoms with E-state index in [0.717, 1.165) is 5.56 Å². The van der Waals surface area contributed by atoms with Crippen molar-refractivity contribution in [2.75, 3.05) is 17.7 Å². The molecule has 100 valence electrons. The van der Waals surface area contributed by atoms with E-state index in [1.54, 1.807) is 39.0 Å². The SMILES string of the molecule is CC(C)(C)OC(=O)Nc1cc(N)ccc1CCO. The molecule has 0 fully saturated rings. The Labute approximate surface area is 107 Å². The number of rotatable bonds is 3. The lowest BCUT2D eigenvalue weighted by atomic mass is 10.1. The van der Waals surface area contributed by atoms with Crippen LogP contribution in [0.1, 0.15) is 26.3 Å². The summed E-state index contributed by atoms with van der Waals surface area (Å²) >= 11 is 0. The van der Waals surface area contributed by atoms with E-state index in [4.69, 9.17) is 15.6 Å². The van der Waals surface area contributed by atoms with Gasteiger partial charge < -0.3 is 15.6 Å². The maximum absolute atomic E-state index is 11.7. The Bertz CT molecular complexity index is 425. The van der Waals surface area contributed by atoms with Gasteiger partial charge in [-0.1, -0.05) is 6.07 Å². The Kier molecular flexibility index (Phi) is 4.55. The average Bonchev–Trinajstić information content (AvgIpc) is 2.19. The molecule has 1 aromatic carbocycles. The summed E-state index contributed by atoms with van der Waals surface area (Å²) in [6, 6.07) is 5.15. The predicted octanol–water partition coefficient (Wildman–Crippen LogP) is 2.15. The van der Waals surface area contributed by atoms with E-state index in [9.17, 15) is 4.79 Å². The molecule has 0 radical (unpaired) electrons. The van der Waals surface area contributed by atoms with Crippen molar-refractivity contribution in [3.05, 3.63) is 23.8 Å². The molecule has 0 saturated heterocycles. The van der Waals surface area contributed by atoms with Crippen LogP contribution in [0.25, 0.3) is 0 Å². The van der Waals surface area contributed by atoms with Crippen LogP contribution in [0, 0.1) is 0 Å². The van der Waals surface area contributed by atoms with E-state index >= 15 is 0 Å². The van der Waals surface area contributed by atoms with Gasteiger partial charge in [-0.3, -0.25) is 5.32 Å². The fourth-order valence-corrected chi connectivity index (χ4v) is 1.46. The molecule has 4 N–H and O–H groups in total. The van der Waals surface area contributed by atoms with Crippen LogP contribution in [0.5, 0.6) is 0 Å². The topological polar surface area (TPSA) is 84.6 Å². The molecule has 0 atom stereocenters. The Morgan fingerprint density at radius 1 is 1.44 bits per heavy atom. The number of carbonyl (C=O) groups is 1. The quantitative estimate of drug-likeness (QED) is 0.720. The van der Waals surface area contributed by atoms with Gasteiger partial charge in [-0.25, -0.2) is 4.79 Å². The van der Waals surface area contributed by atoms with E-state index in [2.05, 4.69) is 5.32 Å². The van der Waals surface area contributed by atoms with Gasteiger partial charge in [-0.15, -0.1) is 0 Å². The van der Waals surface area contributed by atoms with E-state index < -0.39 is 11.7 Å². The van der Waals surface area contributed by atoms with Gasteiger partial charge in [0.15, 0.2) is 0 Å². The molecule has 0 saturated carbocycles. The normalized spacial score (nSPS) is 11.1. The first kappa shape index (κ1) is 14.3. The molecule has 18 heavy (non-hydrogen) atoms.